The normalized spacial score (nSPS) is 25.7. The molecule has 1 aromatic rings. The summed E-state index contributed by atoms with van der Waals surface area (Å²) in [6.07, 6.45) is 1.04. The molecule has 0 aromatic heterocycles. The van der Waals surface area contributed by atoms with E-state index in [1.807, 2.05) is 12.1 Å². The molecule has 68 valence electrons. The fourth-order valence-electron chi connectivity index (χ4n) is 1.72. The molecule has 1 aliphatic carbocycles. The molecule has 0 N–H and O–H groups in total. The first-order valence-corrected chi connectivity index (χ1v) is 5.23. The van der Waals surface area contributed by atoms with Crippen LogP contribution in [0.1, 0.15) is 24.8 Å². The number of hydrogen-bond donors (Lipinski definition) is 0. The number of carbonyl (C=O) groups excluding carboxylic acids is 1. The van der Waals surface area contributed by atoms with Crippen LogP contribution in [0.25, 0.3) is 0 Å². The molecule has 0 bridgehead atoms. The van der Waals surface area contributed by atoms with E-state index in [9.17, 15) is 4.79 Å². The molecule has 0 heterocycles. The van der Waals surface area contributed by atoms with Crippen molar-refractivity contribution >= 4 is 21.7 Å². The highest BCUT2D eigenvalue weighted by Gasteiger charge is 2.41. The van der Waals surface area contributed by atoms with Crippen molar-refractivity contribution < 1.29 is 4.79 Å². The number of carbonyl (C=O) groups is 1. The Labute approximate surface area is 86.3 Å². The predicted molar refractivity (Wildman–Crippen MR) is 55.7 cm³/mol. The minimum absolute atomic E-state index is 0.293. The van der Waals surface area contributed by atoms with E-state index in [1.165, 1.54) is 5.56 Å². The highest BCUT2D eigenvalue weighted by Crippen LogP contribution is 2.47. The quantitative estimate of drug-likeness (QED) is 0.774. The van der Waals surface area contributed by atoms with Gasteiger partial charge < -0.3 is 0 Å². The van der Waals surface area contributed by atoms with Crippen molar-refractivity contribution in [3.05, 3.63) is 34.3 Å². The van der Waals surface area contributed by atoms with Gasteiger partial charge in [-0.2, -0.15) is 0 Å². The maximum absolute atomic E-state index is 11.0. The summed E-state index contributed by atoms with van der Waals surface area (Å²) in [5.74, 6) is 1.11. The third kappa shape index (κ3) is 1.83. The van der Waals surface area contributed by atoms with Crippen LogP contribution in [-0.2, 0) is 4.79 Å². The topological polar surface area (TPSA) is 17.1 Å². The number of hydrogen-bond acceptors (Lipinski definition) is 1. The van der Waals surface area contributed by atoms with Gasteiger partial charge in [0, 0.05) is 10.4 Å². The van der Waals surface area contributed by atoms with Crippen molar-refractivity contribution in [2.75, 3.05) is 0 Å². The molecule has 2 heteroatoms. The van der Waals surface area contributed by atoms with Gasteiger partial charge in [-0.1, -0.05) is 28.1 Å². The van der Waals surface area contributed by atoms with E-state index in [2.05, 4.69) is 28.1 Å². The molecule has 0 radical (unpaired) electrons. The molecule has 0 amide bonds. The Balaban J connectivity index is 2.12. The first kappa shape index (κ1) is 8.95. The lowest BCUT2D eigenvalue weighted by molar-refractivity contribution is -0.118. The summed E-state index contributed by atoms with van der Waals surface area (Å²) >= 11 is 3.39. The lowest BCUT2D eigenvalue weighted by atomic mass is 10.1. The second-order valence-electron chi connectivity index (χ2n) is 3.61. The number of ketones is 1. The van der Waals surface area contributed by atoms with Gasteiger partial charge in [-0.05, 0) is 37.0 Å². The number of benzene rings is 1. The van der Waals surface area contributed by atoms with Gasteiger partial charge in [-0.15, -0.1) is 0 Å². The highest BCUT2D eigenvalue weighted by atomic mass is 79.9. The average molecular weight is 239 g/mol. The Kier molecular flexibility index (Phi) is 2.24. The van der Waals surface area contributed by atoms with Crippen LogP contribution in [0.15, 0.2) is 28.7 Å². The van der Waals surface area contributed by atoms with Crippen molar-refractivity contribution in [1.82, 2.24) is 0 Å². The van der Waals surface area contributed by atoms with Crippen LogP contribution in [0.5, 0.6) is 0 Å². The summed E-state index contributed by atoms with van der Waals surface area (Å²) < 4.78 is 1.09. The number of rotatable bonds is 2. The Hall–Kier alpha value is -0.630. The van der Waals surface area contributed by atoms with Gasteiger partial charge >= 0.3 is 0 Å². The summed E-state index contributed by atoms with van der Waals surface area (Å²) in [4.78, 5) is 11.0. The molecular weight excluding hydrogens is 228 g/mol. The highest BCUT2D eigenvalue weighted by molar-refractivity contribution is 9.10. The van der Waals surface area contributed by atoms with Gasteiger partial charge in [0.25, 0.3) is 0 Å². The van der Waals surface area contributed by atoms with E-state index >= 15 is 0 Å². The third-order valence-electron chi connectivity index (χ3n) is 2.61. The van der Waals surface area contributed by atoms with Crippen LogP contribution in [0.3, 0.4) is 0 Å². The molecule has 2 rings (SSSR count). The molecule has 0 aliphatic heterocycles. The second-order valence-corrected chi connectivity index (χ2v) is 4.53. The van der Waals surface area contributed by atoms with Crippen molar-refractivity contribution in [1.29, 1.82) is 0 Å². The van der Waals surface area contributed by atoms with Gasteiger partial charge in [0.2, 0.25) is 0 Å². The van der Waals surface area contributed by atoms with Crippen molar-refractivity contribution in [2.24, 2.45) is 5.92 Å². The van der Waals surface area contributed by atoms with Gasteiger partial charge in [-0.3, -0.25) is 4.79 Å². The fourth-order valence-corrected chi connectivity index (χ4v) is 1.99. The lowest BCUT2D eigenvalue weighted by Crippen LogP contribution is -1.94. The standard InChI is InChI=1S/C11H11BrO/c1-7(13)10-6-11(10)8-2-4-9(12)5-3-8/h2-5,10-11H,6H2,1H3/t10-,11-/m0/s1. The van der Waals surface area contributed by atoms with Crippen LogP contribution in [0.2, 0.25) is 0 Å². The molecular formula is C11H11BrO. The minimum atomic E-state index is 0.293. The number of halogens is 1. The van der Waals surface area contributed by atoms with E-state index in [4.69, 9.17) is 0 Å². The minimum Gasteiger partial charge on any atom is -0.300 e. The van der Waals surface area contributed by atoms with Crippen LogP contribution < -0.4 is 0 Å². The Morgan fingerprint density at radius 2 is 2.00 bits per heavy atom. The molecule has 0 spiro atoms. The summed E-state index contributed by atoms with van der Waals surface area (Å²) in [6.45, 7) is 1.68. The van der Waals surface area contributed by atoms with Gasteiger partial charge in [0.15, 0.2) is 0 Å². The van der Waals surface area contributed by atoms with Crippen LogP contribution in [-0.4, -0.2) is 5.78 Å². The van der Waals surface area contributed by atoms with E-state index < -0.39 is 0 Å². The maximum atomic E-state index is 11.0. The molecule has 0 unspecified atom stereocenters. The average Bonchev–Trinajstić information content (AvgIpc) is 2.85. The predicted octanol–water partition coefficient (Wildman–Crippen LogP) is 3.14. The zero-order chi connectivity index (χ0) is 9.42. The summed E-state index contributed by atoms with van der Waals surface area (Å²) in [6, 6.07) is 8.26. The van der Waals surface area contributed by atoms with Gasteiger partial charge in [-0.25, -0.2) is 0 Å². The summed E-state index contributed by atoms with van der Waals surface area (Å²) in [5, 5.41) is 0. The number of Topliss-reactive ketones (excluding diaryl/α,β-unsaturated/α-hetero) is 1. The monoisotopic (exact) mass is 238 g/mol. The van der Waals surface area contributed by atoms with E-state index in [1.54, 1.807) is 6.92 Å². The Bertz CT molecular complexity index is 328. The molecule has 1 saturated carbocycles. The van der Waals surface area contributed by atoms with Crippen molar-refractivity contribution in [2.45, 2.75) is 19.3 Å². The van der Waals surface area contributed by atoms with Gasteiger partial charge in [0.1, 0.15) is 5.78 Å². The SMILES string of the molecule is CC(=O)[C@@H]1C[C@H]1c1ccc(Br)cc1. The molecule has 1 nitrogen and oxygen atoms in total. The van der Waals surface area contributed by atoms with E-state index in [-0.39, 0.29) is 0 Å². The summed E-state index contributed by atoms with van der Waals surface area (Å²) in [7, 11) is 0. The van der Waals surface area contributed by atoms with Crippen molar-refractivity contribution in [3.63, 3.8) is 0 Å². The largest absolute Gasteiger partial charge is 0.300 e. The van der Waals surface area contributed by atoms with Crippen LogP contribution in [0, 0.1) is 5.92 Å². The fraction of sp³-hybridized carbons (Fsp3) is 0.364. The Morgan fingerprint density at radius 3 is 2.46 bits per heavy atom. The first-order valence-electron chi connectivity index (χ1n) is 4.44. The summed E-state index contributed by atoms with van der Waals surface area (Å²) in [5.41, 5.74) is 1.29. The van der Waals surface area contributed by atoms with Crippen LogP contribution >= 0.6 is 15.9 Å². The lowest BCUT2D eigenvalue weighted by Gasteiger charge is -1.98. The first-order chi connectivity index (χ1) is 6.18. The molecule has 0 saturated heterocycles. The molecule has 1 fully saturated rings. The second kappa shape index (κ2) is 3.26. The maximum Gasteiger partial charge on any atom is 0.133 e. The Morgan fingerprint density at radius 1 is 1.38 bits per heavy atom. The molecule has 13 heavy (non-hydrogen) atoms. The van der Waals surface area contributed by atoms with E-state index in [0.29, 0.717) is 17.6 Å². The molecule has 1 aromatic carbocycles. The zero-order valence-corrected chi connectivity index (χ0v) is 9.04. The zero-order valence-electron chi connectivity index (χ0n) is 7.46. The van der Waals surface area contributed by atoms with Gasteiger partial charge in [0.05, 0.1) is 0 Å². The smallest absolute Gasteiger partial charge is 0.133 e. The molecule has 2 atom stereocenters. The third-order valence-corrected chi connectivity index (χ3v) is 3.14. The van der Waals surface area contributed by atoms with Crippen molar-refractivity contribution in [3.8, 4) is 0 Å². The molecule has 1 aliphatic rings. The van der Waals surface area contributed by atoms with Crippen LogP contribution in [0.4, 0.5) is 0 Å². The van der Waals surface area contributed by atoms with E-state index in [0.717, 1.165) is 10.9 Å².